The zero-order valence-corrected chi connectivity index (χ0v) is 19.1. The second-order valence-corrected chi connectivity index (χ2v) is 10.9. The number of rotatable bonds is 6. The minimum Gasteiger partial charge on any atom is -0.341 e. The highest BCUT2D eigenvalue weighted by Gasteiger charge is 2.32. The first-order chi connectivity index (χ1) is 14.8. The van der Waals surface area contributed by atoms with Crippen LogP contribution >= 0.6 is 11.8 Å². The van der Waals surface area contributed by atoms with Crippen LogP contribution in [0, 0.1) is 6.92 Å². The van der Waals surface area contributed by atoms with Gasteiger partial charge in [0.2, 0.25) is 5.91 Å². The van der Waals surface area contributed by atoms with Crippen LogP contribution in [0.15, 0.2) is 59.8 Å². The van der Waals surface area contributed by atoms with E-state index in [1.165, 1.54) is 11.8 Å². The smallest absolute Gasteiger partial charge is 0.233 e. The molecule has 1 aromatic heterocycles. The Balaban J connectivity index is 1.58. The molecule has 0 unspecified atom stereocenters. The number of amides is 1. The molecule has 1 fully saturated rings. The molecule has 0 spiro atoms. The van der Waals surface area contributed by atoms with Crippen LogP contribution in [0.3, 0.4) is 0 Å². The number of aromatic nitrogens is 3. The van der Waals surface area contributed by atoms with E-state index < -0.39 is 9.84 Å². The van der Waals surface area contributed by atoms with Crippen molar-refractivity contribution in [3.63, 3.8) is 0 Å². The fourth-order valence-corrected chi connectivity index (χ4v) is 6.31. The maximum Gasteiger partial charge on any atom is 0.233 e. The van der Waals surface area contributed by atoms with E-state index in [-0.39, 0.29) is 29.2 Å². The molecule has 0 radical (unpaired) electrons. The van der Waals surface area contributed by atoms with E-state index in [1.807, 2.05) is 60.0 Å². The normalized spacial score (nSPS) is 17.5. The summed E-state index contributed by atoms with van der Waals surface area (Å²) in [4.78, 5) is 14.3. The average Bonchev–Trinajstić information content (AvgIpc) is 3.35. The third-order valence-corrected chi connectivity index (χ3v) is 8.06. The van der Waals surface area contributed by atoms with Crippen molar-refractivity contribution in [1.82, 2.24) is 19.7 Å². The molecule has 31 heavy (non-hydrogen) atoms. The third-order valence-electron chi connectivity index (χ3n) is 5.40. The first-order valence-electron chi connectivity index (χ1n) is 10.0. The Hall–Kier alpha value is -2.65. The molecule has 3 aromatic rings. The van der Waals surface area contributed by atoms with Crippen LogP contribution in [-0.2, 0) is 14.6 Å². The highest BCUT2D eigenvalue weighted by molar-refractivity contribution is 7.99. The predicted molar refractivity (Wildman–Crippen MR) is 122 cm³/mol. The molecule has 1 atom stereocenters. The van der Waals surface area contributed by atoms with Crippen LogP contribution < -0.4 is 0 Å². The third kappa shape index (κ3) is 4.83. The molecule has 7 nitrogen and oxygen atoms in total. The molecule has 0 saturated carbocycles. The van der Waals surface area contributed by atoms with Gasteiger partial charge >= 0.3 is 0 Å². The highest BCUT2D eigenvalue weighted by atomic mass is 32.2. The molecule has 0 N–H and O–H groups in total. The van der Waals surface area contributed by atoms with Gasteiger partial charge in [0.1, 0.15) is 0 Å². The minimum atomic E-state index is -3.04. The molecule has 162 valence electrons. The summed E-state index contributed by atoms with van der Waals surface area (Å²) in [6.07, 6.45) is 0.493. The summed E-state index contributed by atoms with van der Waals surface area (Å²) >= 11 is 1.31. The molecule has 2 heterocycles. The average molecular weight is 457 g/mol. The van der Waals surface area contributed by atoms with Gasteiger partial charge in [0.15, 0.2) is 20.8 Å². The van der Waals surface area contributed by atoms with E-state index >= 15 is 0 Å². The number of thioether (sulfide) groups is 1. The first kappa shape index (κ1) is 21.6. The van der Waals surface area contributed by atoms with Gasteiger partial charge in [-0.2, -0.15) is 0 Å². The van der Waals surface area contributed by atoms with E-state index in [0.717, 1.165) is 16.8 Å². The van der Waals surface area contributed by atoms with Crippen LogP contribution in [0.1, 0.15) is 12.0 Å². The maximum absolute atomic E-state index is 12.7. The number of carbonyl (C=O) groups excluding carboxylic acids is 1. The summed E-state index contributed by atoms with van der Waals surface area (Å²) in [5, 5.41) is 9.39. The lowest BCUT2D eigenvalue weighted by atomic mass is 10.1. The van der Waals surface area contributed by atoms with E-state index in [2.05, 4.69) is 16.3 Å². The largest absolute Gasteiger partial charge is 0.341 e. The lowest BCUT2D eigenvalue weighted by Crippen LogP contribution is -2.38. The number of carbonyl (C=O) groups is 1. The van der Waals surface area contributed by atoms with Gasteiger partial charge in [-0.05, 0) is 31.5 Å². The molecular weight excluding hydrogens is 432 g/mol. The van der Waals surface area contributed by atoms with Crippen LogP contribution in [0.2, 0.25) is 0 Å². The van der Waals surface area contributed by atoms with Gasteiger partial charge in [-0.25, -0.2) is 8.42 Å². The van der Waals surface area contributed by atoms with Crippen LogP contribution in [-0.4, -0.2) is 64.3 Å². The van der Waals surface area contributed by atoms with Gasteiger partial charge in [-0.3, -0.25) is 9.36 Å². The van der Waals surface area contributed by atoms with Crippen molar-refractivity contribution >= 4 is 27.5 Å². The van der Waals surface area contributed by atoms with E-state index in [9.17, 15) is 13.2 Å². The molecule has 1 amide bonds. The monoisotopic (exact) mass is 456 g/mol. The fourth-order valence-electron chi connectivity index (χ4n) is 3.66. The van der Waals surface area contributed by atoms with E-state index in [4.69, 9.17) is 0 Å². The molecule has 1 saturated heterocycles. The van der Waals surface area contributed by atoms with Crippen molar-refractivity contribution in [2.24, 2.45) is 0 Å². The summed E-state index contributed by atoms with van der Waals surface area (Å²) in [5.41, 5.74) is 2.98. The summed E-state index contributed by atoms with van der Waals surface area (Å²) in [6, 6.07) is 17.6. The number of sulfone groups is 1. The van der Waals surface area contributed by atoms with Gasteiger partial charge in [-0.15, -0.1) is 10.2 Å². The van der Waals surface area contributed by atoms with Crippen molar-refractivity contribution < 1.29 is 13.2 Å². The predicted octanol–water partition coefficient (Wildman–Crippen LogP) is 2.98. The Morgan fingerprint density at radius 3 is 2.61 bits per heavy atom. The Morgan fingerprint density at radius 2 is 1.94 bits per heavy atom. The number of nitrogens with zero attached hydrogens (tertiary/aromatic N) is 4. The van der Waals surface area contributed by atoms with Gasteiger partial charge in [-0.1, -0.05) is 53.7 Å². The second-order valence-electron chi connectivity index (χ2n) is 7.70. The van der Waals surface area contributed by atoms with Gasteiger partial charge < -0.3 is 4.90 Å². The molecule has 2 aromatic carbocycles. The minimum absolute atomic E-state index is 0.0393. The van der Waals surface area contributed by atoms with Crippen LogP contribution in [0.25, 0.3) is 17.1 Å². The van der Waals surface area contributed by atoms with Crippen molar-refractivity contribution in [2.45, 2.75) is 24.5 Å². The number of aryl methyl sites for hydroxylation is 1. The zero-order valence-electron chi connectivity index (χ0n) is 17.4. The summed E-state index contributed by atoms with van der Waals surface area (Å²) < 4.78 is 25.4. The van der Waals surface area contributed by atoms with Crippen molar-refractivity contribution in [3.8, 4) is 17.1 Å². The lowest BCUT2D eigenvalue weighted by molar-refractivity contribution is -0.128. The quantitative estimate of drug-likeness (QED) is 0.530. The fraction of sp³-hybridized carbons (Fsp3) is 0.318. The van der Waals surface area contributed by atoms with Crippen LogP contribution in [0.4, 0.5) is 0 Å². The maximum atomic E-state index is 12.7. The van der Waals surface area contributed by atoms with Crippen molar-refractivity contribution in [2.75, 3.05) is 24.3 Å². The number of hydrogen-bond acceptors (Lipinski definition) is 6. The van der Waals surface area contributed by atoms with Crippen molar-refractivity contribution in [3.05, 3.63) is 60.2 Å². The molecule has 0 bridgehead atoms. The summed E-state index contributed by atoms with van der Waals surface area (Å²) in [5.74, 6) is 0.931. The van der Waals surface area contributed by atoms with E-state index in [1.54, 1.807) is 11.9 Å². The zero-order chi connectivity index (χ0) is 22.0. The highest BCUT2D eigenvalue weighted by Crippen LogP contribution is 2.29. The van der Waals surface area contributed by atoms with Crippen molar-refractivity contribution in [1.29, 1.82) is 0 Å². The summed E-state index contributed by atoms with van der Waals surface area (Å²) in [7, 11) is -1.37. The van der Waals surface area contributed by atoms with E-state index in [0.29, 0.717) is 17.4 Å². The SMILES string of the molecule is Cc1cccc(-c2nnc(SCC(=O)N(C)[C@H]3CCS(=O)(=O)C3)n2-c2ccccc2)c1. The van der Waals surface area contributed by atoms with Gasteiger partial charge in [0.05, 0.1) is 17.3 Å². The molecule has 1 aliphatic rings. The first-order valence-corrected chi connectivity index (χ1v) is 12.8. The van der Waals surface area contributed by atoms with Gasteiger partial charge in [0, 0.05) is 24.3 Å². The molecule has 0 aliphatic carbocycles. The topological polar surface area (TPSA) is 85.2 Å². The van der Waals surface area contributed by atoms with Crippen LogP contribution in [0.5, 0.6) is 0 Å². The molecular formula is C22H24N4O3S2. The standard InChI is InChI=1S/C22H24N4O3S2/c1-16-7-6-8-17(13-16)21-23-24-22(26(21)18-9-4-3-5-10-18)30-14-20(27)25(2)19-11-12-31(28,29)15-19/h3-10,13,19H,11-12,14-15H2,1-2H3/t19-/m0/s1. The number of para-hydroxylation sites is 1. The molecule has 1 aliphatic heterocycles. The molecule has 4 rings (SSSR count). The number of benzene rings is 2. The Kier molecular flexibility index (Phi) is 6.15. The summed E-state index contributed by atoms with van der Waals surface area (Å²) in [6.45, 7) is 2.03. The second kappa shape index (κ2) is 8.84. The Morgan fingerprint density at radius 1 is 1.16 bits per heavy atom. The van der Waals surface area contributed by atoms with Gasteiger partial charge in [0.25, 0.3) is 0 Å². The Bertz CT molecular complexity index is 1190. The number of hydrogen-bond donors (Lipinski definition) is 0. The Labute approximate surface area is 186 Å². The lowest BCUT2D eigenvalue weighted by Gasteiger charge is -2.23. The molecule has 9 heteroatoms.